The summed E-state index contributed by atoms with van der Waals surface area (Å²) in [6, 6.07) is 3.51. The predicted octanol–water partition coefficient (Wildman–Crippen LogP) is -3.36. The van der Waals surface area contributed by atoms with Crippen LogP contribution in [-0.2, 0) is 9.47 Å². The van der Waals surface area contributed by atoms with Gasteiger partial charge in [0.1, 0.15) is 71.3 Å². The van der Waals surface area contributed by atoms with Crippen LogP contribution in [0.1, 0.15) is 0 Å². The minimum atomic E-state index is -1.99. The molecule has 2 aliphatic heterocycles. The Morgan fingerprint density at radius 3 is 1.60 bits per heavy atom. The number of aliphatic hydroxyl groups excluding tert-OH is 8. The van der Waals surface area contributed by atoms with Crippen molar-refractivity contribution in [3.8, 4) is 45.8 Å². The normalized spacial score (nSPS) is 32.0. The molecular formula is C27H30O18. The van der Waals surface area contributed by atoms with Gasteiger partial charge in [0.05, 0.1) is 13.2 Å². The molecule has 2 saturated heterocycles. The van der Waals surface area contributed by atoms with Gasteiger partial charge < -0.3 is 84.6 Å². The van der Waals surface area contributed by atoms with Crippen LogP contribution in [0.25, 0.3) is 22.3 Å². The van der Waals surface area contributed by atoms with Gasteiger partial charge in [0.2, 0.25) is 29.5 Å². The Kier molecular flexibility index (Phi) is 8.97. The Hall–Kier alpha value is -3.95. The first kappa shape index (κ1) is 32.4. The van der Waals surface area contributed by atoms with Crippen molar-refractivity contribution in [1.82, 2.24) is 0 Å². The van der Waals surface area contributed by atoms with Crippen LogP contribution in [0.5, 0.6) is 34.5 Å². The van der Waals surface area contributed by atoms with Crippen LogP contribution in [0, 0.1) is 0 Å². The fraction of sp³-hybridized carbons (Fsp3) is 0.444. The van der Waals surface area contributed by atoms with E-state index in [1.165, 1.54) is 0 Å². The molecule has 2 fully saturated rings. The van der Waals surface area contributed by atoms with E-state index in [4.69, 9.17) is 23.4 Å². The van der Waals surface area contributed by atoms with Crippen LogP contribution in [0.2, 0.25) is 0 Å². The van der Waals surface area contributed by atoms with E-state index in [-0.39, 0.29) is 5.56 Å². The van der Waals surface area contributed by atoms with Crippen molar-refractivity contribution in [3.05, 3.63) is 34.5 Å². The third-order valence-corrected chi connectivity index (χ3v) is 7.39. The highest BCUT2D eigenvalue weighted by Gasteiger charge is 2.46. The van der Waals surface area contributed by atoms with Crippen molar-refractivity contribution in [2.24, 2.45) is 0 Å². The molecule has 2 aliphatic rings. The Morgan fingerprint density at radius 2 is 1.11 bits per heavy atom. The van der Waals surface area contributed by atoms with Crippen molar-refractivity contribution in [3.63, 3.8) is 0 Å². The average Bonchev–Trinajstić information content (AvgIpc) is 2.99. The second-order valence-electron chi connectivity index (χ2n) is 10.4. The highest BCUT2D eigenvalue weighted by Crippen LogP contribution is 2.44. The number of phenols is 4. The van der Waals surface area contributed by atoms with Gasteiger partial charge >= 0.3 is 0 Å². The molecule has 3 heterocycles. The van der Waals surface area contributed by atoms with Gasteiger partial charge in [0.15, 0.2) is 17.3 Å². The van der Waals surface area contributed by atoms with Crippen molar-refractivity contribution >= 4 is 11.0 Å². The number of rotatable bonds is 7. The Balaban J connectivity index is 1.59. The number of ether oxygens (including phenoxy) is 4. The van der Waals surface area contributed by atoms with Gasteiger partial charge in [-0.15, -0.1) is 0 Å². The predicted molar refractivity (Wildman–Crippen MR) is 143 cm³/mol. The third kappa shape index (κ3) is 5.79. The molecule has 18 nitrogen and oxygen atoms in total. The largest absolute Gasteiger partial charge is 0.508 e. The van der Waals surface area contributed by atoms with Crippen LogP contribution < -0.4 is 14.9 Å². The van der Waals surface area contributed by atoms with E-state index < -0.39 is 131 Å². The molecule has 18 heteroatoms. The van der Waals surface area contributed by atoms with E-state index >= 15 is 0 Å². The number of aromatic hydroxyl groups is 4. The lowest BCUT2D eigenvalue weighted by Crippen LogP contribution is -2.60. The molecule has 246 valence electrons. The zero-order valence-corrected chi connectivity index (χ0v) is 22.8. The Labute approximate surface area is 250 Å². The average molecular weight is 643 g/mol. The van der Waals surface area contributed by atoms with Gasteiger partial charge in [0, 0.05) is 17.7 Å². The number of aliphatic hydroxyl groups is 8. The molecule has 0 radical (unpaired) electrons. The summed E-state index contributed by atoms with van der Waals surface area (Å²) in [7, 11) is 0. The van der Waals surface area contributed by atoms with E-state index in [0.717, 1.165) is 24.3 Å². The van der Waals surface area contributed by atoms with Crippen molar-refractivity contribution in [2.45, 2.75) is 61.4 Å². The standard InChI is InChI=1S/C27H30O18/c28-5-13-16(34)19(37)21(39)26(42-13)44-24-10(32)1-7(2-11(24)33)23-25(18(36)15-9(31)3-8(30)4-12(15)41-23)45-27-22(40)20(38)17(35)14(6-29)43-27/h1-4,13-14,16-17,19-22,26-35,37-40H,5-6H2/t13-,14-,16-,17-,19+,20+,21-,22-,26+,27+/m1/s1. The fourth-order valence-corrected chi connectivity index (χ4v) is 4.98. The molecule has 0 amide bonds. The lowest BCUT2D eigenvalue weighted by molar-refractivity contribution is -0.277. The lowest BCUT2D eigenvalue weighted by Gasteiger charge is -2.39. The Bertz CT molecular complexity index is 1580. The molecule has 0 saturated carbocycles. The van der Waals surface area contributed by atoms with E-state index in [1.807, 2.05) is 0 Å². The first-order chi connectivity index (χ1) is 21.3. The molecule has 0 aliphatic carbocycles. The van der Waals surface area contributed by atoms with Crippen molar-refractivity contribution in [2.75, 3.05) is 13.2 Å². The molecule has 0 bridgehead atoms. The second-order valence-corrected chi connectivity index (χ2v) is 10.4. The van der Waals surface area contributed by atoms with Gasteiger partial charge in [-0.25, -0.2) is 0 Å². The summed E-state index contributed by atoms with van der Waals surface area (Å²) < 4.78 is 27.1. The number of hydrogen-bond acceptors (Lipinski definition) is 18. The van der Waals surface area contributed by atoms with E-state index in [9.17, 15) is 66.1 Å². The Morgan fingerprint density at radius 1 is 0.622 bits per heavy atom. The van der Waals surface area contributed by atoms with Crippen molar-refractivity contribution < 1.29 is 84.6 Å². The molecule has 10 atom stereocenters. The van der Waals surface area contributed by atoms with E-state index in [1.54, 1.807) is 0 Å². The third-order valence-electron chi connectivity index (χ3n) is 7.39. The molecule has 5 rings (SSSR count). The highest BCUT2D eigenvalue weighted by molar-refractivity contribution is 5.88. The van der Waals surface area contributed by atoms with Crippen molar-refractivity contribution in [1.29, 1.82) is 0 Å². The summed E-state index contributed by atoms with van der Waals surface area (Å²) in [4.78, 5) is 13.6. The minimum Gasteiger partial charge on any atom is -0.508 e. The number of fused-ring (bicyclic) bond motifs is 1. The smallest absolute Gasteiger partial charge is 0.239 e. The zero-order chi connectivity index (χ0) is 32.9. The summed E-state index contributed by atoms with van der Waals surface area (Å²) in [5.41, 5.74) is -1.86. The zero-order valence-electron chi connectivity index (χ0n) is 22.8. The molecule has 0 unspecified atom stereocenters. The summed E-state index contributed by atoms with van der Waals surface area (Å²) in [5, 5.41) is 121. The monoisotopic (exact) mass is 642 g/mol. The molecule has 45 heavy (non-hydrogen) atoms. The first-order valence-corrected chi connectivity index (χ1v) is 13.3. The van der Waals surface area contributed by atoms with Crippen LogP contribution in [-0.4, -0.2) is 136 Å². The molecular weight excluding hydrogens is 612 g/mol. The van der Waals surface area contributed by atoms with Crippen LogP contribution in [0.15, 0.2) is 33.5 Å². The van der Waals surface area contributed by atoms with Gasteiger partial charge in [-0.3, -0.25) is 4.79 Å². The number of hydrogen-bond donors (Lipinski definition) is 12. The summed E-state index contributed by atoms with van der Waals surface area (Å²) in [6.07, 6.45) is -17.7. The van der Waals surface area contributed by atoms with Gasteiger partial charge in [0.25, 0.3) is 0 Å². The summed E-state index contributed by atoms with van der Waals surface area (Å²) >= 11 is 0. The second kappa shape index (κ2) is 12.4. The van der Waals surface area contributed by atoms with Crippen LogP contribution in [0.4, 0.5) is 0 Å². The quantitative estimate of drug-likeness (QED) is 0.120. The molecule has 2 aromatic carbocycles. The van der Waals surface area contributed by atoms with E-state index in [0.29, 0.717) is 0 Å². The molecule has 0 spiro atoms. The fourth-order valence-electron chi connectivity index (χ4n) is 4.98. The summed E-state index contributed by atoms with van der Waals surface area (Å²) in [6.45, 7) is -1.62. The number of phenolic OH excluding ortho intramolecular Hbond substituents is 4. The van der Waals surface area contributed by atoms with Crippen LogP contribution >= 0.6 is 0 Å². The minimum absolute atomic E-state index is 0.326. The molecule has 12 N–H and O–H groups in total. The van der Waals surface area contributed by atoms with Gasteiger partial charge in [-0.2, -0.15) is 0 Å². The SMILES string of the molecule is O=c1c(O[C@@H]2O[C@H](CO)[C@@H](O)[C@H](O)[C@H]2O)c(-c2cc(O)c(O[C@@H]3O[C@H](CO)[C@@H](O)[C@H](O)[C@H]3O)c(O)c2)oc2cc(O)cc(O)c12. The lowest BCUT2D eigenvalue weighted by atomic mass is 9.99. The van der Waals surface area contributed by atoms with Gasteiger partial charge in [-0.1, -0.05) is 0 Å². The highest BCUT2D eigenvalue weighted by atomic mass is 16.7. The summed E-state index contributed by atoms with van der Waals surface area (Å²) in [5.74, 6) is -5.17. The number of benzene rings is 2. The van der Waals surface area contributed by atoms with E-state index in [2.05, 4.69) is 0 Å². The topological polar surface area (TPSA) is 310 Å². The molecule has 3 aromatic rings. The van der Waals surface area contributed by atoms with Gasteiger partial charge in [-0.05, 0) is 12.1 Å². The maximum absolute atomic E-state index is 13.6. The maximum Gasteiger partial charge on any atom is 0.239 e. The maximum atomic E-state index is 13.6. The first-order valence-electron chi connectivity index (χ1n) is 13.3. The molecule has 1 aromatic heterocycles. The van der Waals surface area contributed by atoms with Crippen LogP contribution in [0.3, 0.4) is 0 Å².